The molecule has 2 aromatic rings. The number of nitrogens with zero attached hydrogens (tertiary/aromatic N) is 1. The maximum absolute atomic E-state index is 5.96. The van der Waals surface area contributed by atoms with Gasteiger partial charge in [0.2, 0.25) is 0 Å². The predicted molar refractivity (Wildman–Crippen MR) is 127 cm³/mol. The number of hydrogen-bond donors (Lipinski definition) is 2. The Hall–Kier alpha value is -2.37. The van der Waals surface area contributed by atoms with Crippen LogP contribution in [0.3, 0.4) is 0 Å². The lowest BCUT2D eigenvalue weighted by Crippen LogP contribution is -2.43. The van der Waals surface area contributed by atoms with Crippen LogP contribution >= 0.6 is 0 Å². The minimum atomic E-state index is 0.330. The molecule has 0 bridgehead atoms. The molecule has 0 radical (unpaired) electrons. The molecule has 1 saturated carbocycles. The molecule has 168 valence electrons. The number of rotatable bonds is 11. The van der Waals surface area contributed by atoms with E-state index in [1.165, 1.54) is 42.4 Å². The third-order valence-corrected chi connectivity index (χ3v) is 6.29. The molecule has 0 aromatic heterocycles. The van der Waals surface area contributed by atoms with E-state index in [1.807, 2.05) is 25.2 Å². The quantitative estimate of drug-likeness (QED) is 0.408. The highest BCUT2D eigenvalue weighted by Crippen LogP contribution is 2.40. The normalized spacial score (nSPS) is 15.7. The molecular formula is C26H37N3O2. The first-order valence-corrected chi connectivity index (χ1v) is 11.4. The summed E-state index contributed by atoms with van der Waals surface area (Å²) in [6, 6.07) is 18.7. The number of benzene rings is 2. The molecule has 1 fully saturated rings. The molecule has 5 heteroatoms. The van der Waals surface area contributed by atoms with Crippen molar-refractivity contribution in [2.45, 2.75) is 51.9 Å². The molecule has 0 aliphatic heterocycles. The highest BCUT2D eigenvalue weighted by molar-refractivity contribution is 5.79. The lowest BCUT2D eigenvalue weighted by atomic mass is 9.83. The van der Waals surface area contributed by atoms with Gasteiger partial charge in [-0.3, -0.25) is 4.99 Å². The van der Waals surface area contributed by atoms with Gasteiger partial charge in [0.15, 0.2) is 5.96 Å². The topological polar surface area (TPSA) is 54.9 Å². The Balaban J connectivity index is 1.50. The van der Waals surface area contributed by atoms with Gasteiger partial charge < -0.3 is 20.1 Å². The van der Waals surface area contributed by atoms with Crippen LogP contribution in [0, 0.1) is 5.41 Å². The third-order valence-electron chi connectivity index (χ3n) is 6.29. The van der Waals surface area contributed by atoms with Crippen LogP contribution in [-0.2, 0) is 29.2 Å². The molecule has 0 unspecified atom stereocenters. The Morgan fingerprint density at radius 1 is 0.935 bits per heavy atom. The maximum Gasteiger partial charge on any atom is 0.191 e. The Morgan fingerprint density at radius 3 is 2.35 bits per heavy atom. The summed E-state index contributed by atoms with van der Waals surface area (Å²) in [5.41, 5.74) is 3.95. The summed E-state index contributed by atoms with van der Waals surface area (Å²) in [4.78, 5) is 4.44. The fourth-order valence-electron chi connectivity index (χ4n) is 4.35. The zero-order chi connectivity index (χ0) is 21.8. The summed E-state index contributed by atoms with van der Waals surface area (Å²) in [6.45, 7) is 3.70. The van der Waals surface area contributed by atoms with Crippen molar-refractivity contribution in [3.05, 3.63) is 71.3 Å². The smallest absolute Gasteiger partial charge is 0.191 e. The molecule has 0 amide bonds. The average molecular weight is 424 g/mol. The summed E-state index contributed by atoms with van der Waals surface area (Å²) >= 11 is 0. The van der Waals surface area contributed by atoms with Crippen LogP contribution in [0.1, 0.15) is 48.8 Å². The second kappa shape index (κ2) is 12.5. The molecule has 1 aliphatic rings. The molecule has 31 heavy (non-hydrogen) atoms. The number of guanidine groups is 1. The van der Waals surface area contributed by atoms with Crippen molar-refractivity contribution < 1.29 is 9.47 Å². The van der Waals surface area contributed by atoms with Crippen LogP contribution in [0.4, 0.5) is 0 Å². The number of ether oxygens (including phenoxy) is 2. The first kappa shape index (κ1) is 23.3. The Morgan fingerprint density at radius 2 is 1.65 bits per heavy atom. The fourth-order valence-corrected chi connectivity index (χ4v) is 4.35. The fraction of sp³-hybridized carbons (Fsp3) is 0.500. The molecule has 5 nitrogen and oxygen atoms in total. The van der Waals surface area contributed by atoms with E-state index in [4.69, 9.17) is 9.47 Å². The highest BCUT2D eigenvalue weighted by Gasteiger charge is 2.33. The molecule has 3 rings (SSSR count). The lowest BCUT2D eigenvalue weighted by Gasteiger charge is -2.30. The zero-order valence-electron chi connectivity index (χ0n) is 19.0. The summed E-state index contributed by atoms with van der Waals surface area (Å²) in [5, 5.41) is 7.05. The van der Waals surface area contributed by atoms with Crippen molar-refractivity contribution in [2.24, 2.45) is 10.4 Å². The second-order valence-electron chi connectivity index (χ2n) is 8.48. The van der Waals surface area contributed by atoms with Gasteiger partial charge >= 0.3 is 0 Å². The van der Waals surface area contributed by atoms with E-state index in [0.717, 1.165) is 32.1 Å². The number of hydrogen-bond acceptors (Lipinski definition) is 3. The van der Waals surface area contributed by atoms with E-state index in [0.29, 0.717) is 18.6 Å². The van der Waals surface area contributed by atoms with Crippen molar-refractivity contribution >= 4 is 5.96 Å². The number of methoxy groups -OCH3 is 1. The predicted octanol–water partition coefficient (Wildman–Crippen LogP) is 4.67. The SMILES string of the molecule is CN=C(NCc1ccccc1COCc1ccccc1)NCC1(CCOC)CCCC1. The van der Waals surface area contributed by atoms with Crippen molar-refractivity contribution in [2.75, 3.05) is 27.3 Å². The second-order valence-corrected chi connectivity index (χ2v) is 8.48. The van der Waals surface area contributed by atoms with Crippen molar-refractivity contribution in [1.29, 1.82) is 0 Å². The van der Waals surface area contributed by atoms with Gasteiger partial charge in [0.25, 0.3) is 0 Å². The minimum absolute atomic E-state index is 0.330. The molecule has 0 atom stereocenters. The largest absolute Gasteiger partial charge is 0.385 e. The first-order chi connectivity index (χ1) is 15.2. The molecule has 2 aromatic carbocycles. The van der Waals surface area contributed by atoms with E-state index in [9.17, 15) is 0 Å². The van der Waals surface area contributed by atoms with Crippen LogP contribution in [-0.4, -0.2) is 33.3 Å². The van der Waals surface area contributed by atoms with Crippen molar-refractivity contribution in [3.63, 3.8) is 0 Å². The number of aliphatic imine (C=N–C) groups is 1. The van der Waals surface area contributed by atoms with Crippen LogP contribution in [0.25, 0.3) is 0 Å². The van der Waals surface area contributed by atoms with E-state index < -0.39 is 0 Å². The van der Waals surface area contributed by atoms with Crippen LogP contribution in [0.2, 0.25) is 0 Å². The number of nitrogens with one attached hydrogen (secondary N) is 2. The van der Waals surface area contributed by atoms with E-state index in [1.54, 1.807) is 7.11 Å². The molecule has 1 aliphatic carbocycles. The average Bonchev–Trinajstić information content (AvgIpc) is 3.28. The Bertz CT molecular complexity index is 801. The summed E-state index contributed by atoms with van der Waals surface area (Å²) < 4.78 is 11.3. The molecule has 2 N–H and O–H groups in total. The van der Waals surface area contributed by atoms with Crippen LogP contribution < -0.4 is 10.6 Å². The molecular weight excluding hydrogens is 386 g/mol. The Kier molecular flexibility index (Phi) is 9.38. The van der Waals surface area contributed by atoms with Gasteiger partial charge in [0.1, 0.15) is 0 Å². The third kappa shape index (κ3) is 7.37. The molecule has 0 spiro atoms. The van der Waals surface area contributed by atoms with Crippen molar-refractivity contribution in [1.82, 2.24) is 10.6 Å². The highest BCUT2D eigenvalue weighted by atomic mass is 16.5. The van der Waals surface area contributed by atoms with Gasteiger partial charge in [-0.1, -0.05) is 67.4 Å². The van der Waals surface area contributed by atoms with Gasteiger partial charge in [0, 0.05) is 33.9 Å². The van der Waals surface area contributed by atoms with E-state index >= 15 is 0 Å². The van der Waals surface area contributed by atoms with E-state index in [2.05, 4.69) is 52.0 Å². The summed E-state index contributed by atoms with van der Waals surface area (Å²) in [7, 11) is 3.62. The van der Waals surface area contributed by atoms with Crippen LogP contribution in [0.5, 0.6) is 0 Å². The van der Waals surface area contributed by atoms with Crippen molar-refractivity contribution in [3.8, 4) is 0 Å². The Labute approximate surface area is 187 Å². The zero-order valence-corrected chi connectivity index (χ0v) is 19.0. The molecule has 0 heterocycles. The van der Waals surface area contributed by atoms with Gasteiger partial charge in [0.05, 0.1) is 13.2 Å². The van der Waals surface area contributed by atoms with Crippen LogP contribution in [0.15, 0.2) is 59.6 Å². The van der Waals surface area contributed by atoms with E-state index in [-0.39, 0.29) is 0 Å². The summed E-state index contributed by atoms with van der Waals surface area (Å²) in [5.74, 6) is 0.851. The lowest BCUT2D eigenvalue weighted by molar-refractivity contribution is 0.106. The minimum Gasteiger partial charge on any atom is -0.385 e. The van der Waals surface area contributed by atoms with Gasteiger partial charge in [-0.2, -0.15) is 0 Å². The first-order valence-electron chi connectivity index (χ1n) is 11.4. The molecule has 0 saturated heterocycles. The maximum atomic E-state index is 5.96. The summed E-state index contributed by atoms with van der Waals surface area (Å²) in [6.07, 6.45) is 6.26. The van der Waals surface area contributed by atoms with Gasteiger partial charge in [-0.05, 0) is 41.4 Å². The van der Waals surface area contributed by atoms with Gasteiger partial charge in [-0.15, -0.1) is 0 Å². The van der Waals surface area contributed by atoms with Gasteiger partial charge in [-0.25, -0.2) is 0 Å². The standard InChI is InChI=1S/C26H37N3O2/c1-27-25(29-21-26(16-17-30-2)14-8-9-15-26)28-18-23-12-6-7-13-24(23)20-31-19-22-10-4-3-5-11-22/h3-7,10-13H,8-9,14-21H2,1-2H3,(H2,27,28,29). The monoisotopic (exact) mass is 423 g/mol.